The van der Waals surface area contributed by atoms with Gasteiger partial charge in [-0.05, 0) is 38.1 Å². The molecule has 1 aromatic carbocycles. The molecule has 3 rings (SSSR count). The molecule has 5 heteroatoms. The number of nitrogens with two attached hydrogens (primary N) is 1. The van der Waals surface area contributed by atoms with Crippen molar-refractivity contribution in [3.8, 4) is 11.4 Å². The third kappa shape index (κ3) is 2.02. The van der Waals surface area contributed by atoms with Gasteiger partial charge in [-0.25, -0.2) is 4.98 Å². The van der Waals surface area contributed by atoms with Gasteiger partial charge >= 0.3 is 0 Å². The molecule has 2 heterocycles. The van der Waals surface area contributed by atoms with Crippen molar-refractivity contribution < 1.29 is 0 Å². The number of nitrogens with zero attached hydrogens (tertiary/aromatic N) is 3. The first-order valence-corrected chi connectivity index (χ1v) is 6.83. The van der Waals surface area contributed by atoms with Crippen LogP contribution in [0.25, 0.3) is 22.4 Å². The molecule has 4 nitrogen and oxygen atoms in total. The van der Waals surface area contributed by atoms with Crippen LogP contribution in [0.3, 0.4) is 0 Å². The fourth-order valence-electron chi connectivity index (χ4n) is 2.39. The number of imidazole rings is 1. The average Bonchev–Trinajstić information content (AvgIpc) is 2.77. The molecular weight excluding hydrogens is 272 g/mol. The number of nitrogen functional groups attached to an aromatic ring is 1. The Morgan fingerprint density at radius 3 is 2.75 bits per heavy atom. The zero-order valence-corrected chi connectivity index (χ0v) is 12.1. The van der Waals surface area contributed by atoms with Crippen molar-refractivity contribution in [2.75, 3.05) is 5.73 Å². The van der Waals surface area contributed by atoms with Gasteiger partial charge in [0.2, 0.25) is 0 Å². The number of rotatable bonds is 2. The quantitative estimate of drug-likeness (QED) is 0.777. The lowest BCUT2D eigenvalue weighted by Crippen LogP contribution is -2.04. The number of hydrogen-bond acceptors (Lipinski definition) is 3. The molecule has 0 unspecified atom stereocenters. The van der Waals surface area contributed by atoms with E-state index in [1.165, 1.54) is 0 Å². The highest BCUT2D eigenvalue weighted by Crippen LogP contribution is 2.31. The molecule has 3 aromatic rings. The monoisotopic (exact) mass is 286 g/mol. The highest BCUT2D eigenvalue weighted by molar-refractivity contribution is 6.31. The lowest BCUT2D eigenvalue weighted by molar-refractivity contribution is 0.624. The number of aromatic nitrogens is 3. The maximum absolute atomic E-state index is 6.05. The molecule has 0 saturated carbocycles. The van der Waals surface area contributed by atoms with E-state index < -0.39 is 0 Å². The first-order chi connectivity index (χ1) is 9.58. The van der Waals surface area contributed by atoms with E-state index in [1.807, 2.05) is 24.3 Å². The van der Waals surface area contributed by atoms with E-state index in [1.54, 1.807) is 12.4 Å². The van der Waals surface area contributed by atoms with Gasteiger partial charge in [0, 0.05) is 22.8 Å². The number of benzene rings is 1. The summed E-state index contributed by atoms with van der Waals surface area (Å²) in [6.07, 6.45) is 3.37. The normalized spacial score (nSPS) is 11.4. The second-order valence-electron chi connectivity index (χ2n) is 5.00. The fourth-order valence-corrected chi connectivity index (χ4v) is 2.56. The van der Waals surface area contributed by atoms with Gasteiger partial charge in [-0.15, -0.1) is 0 Å². The number of hydrogen-bond donors (Lipinski definition) is 1. The first-order valence-electron chi connectivity index (χ1n) is 6.45. The summed E-state index contributed by atoms with van der Waals surface area (Å²) in [5.41, 5.74) is 9.47. The van der Waals surface area contributed by atoms with Crippen molar-refractivity contribution in [1.82, 2.24) is 14.5 Å². The van der Waals surface area contributed by atoms with Crippen molar-refractivity contribution in [2.45, 2.75) is 19.9 Å². The fraction of sp³-hybridized carbons (Fsp3) is 0.200. The average molecular weight is 287 g/mol. The van der Waals surface area contributed by atoms with Gasteiger partial charge in [-0.2, -0.15) is 0 Å². The number of fused-ring (bicyclic) bond motifs is 1. The summed E-state index contributed by atoms with van der Waals surface area (Å²) in [7, 11) is 0. The highest BCUT2D eigenvalue weighted by Gasteiger charge is 2.16. The van der Waals surface area contributed by atoms with E-state index in [0.717, 1.165) is 22.4 Å². The molecule has 20 heavy (non-hydrogen) atoms. The van der Waals surface area contributed by atoms with Gasteiger partial charge in [0.05, 0.1) is 22.9 Å². The van der Waals surface area contributed by atoms with E-state index in [4.69, 9.17) is 22.3 Å². The Kier molecular flexibility index (Phi) is 3.10. The van der Waals surface area contributed by atoms with Crippen LogP contribution in [0.5, 0.6) is 0 Å². The topological polar surface area (TPSA) is 56.7 Å². The van der Waals surface area contributed by atoms with Crippen LogP contribution < -0.4 is 5.73 Å². The second kappa shape index (κ2) is 4.80. The maximum atomic E-state index is 6.05. The summed E-state index contributed by atoms with van der Waals surface area (Å²) in [5.74, 6) is 0.845. The number of anilines is 1. The molecule has 2 aromatic heterocycles. The smallest absolute Gasteiger partial charge is 0.143 e. The van der Waals surface area contributed by atoms with Gasteiger partial charge in [-0.3, -0.25) is 4.98 Å². The van der Waals surface area contributed by atoms with E-state index in [2.05, 4.69) is 23.4 Å². The van der Waals surface area contributed by atoms with Gasteiger partial charge in [-0.1, -0.05) is 11.6 Å². The Hall–Kier alpha value is -2.07. The lowest BCUT2D eigenvalue weighted by Gasteiger charge is -2.14. The van der Waals surface area contributed by atoms with Crippen LogP contribution in [0.4, 0.5) is 5.69 Å². The Morgan fingerprint density at radius 2 is 2.05 bits per heavy atom. The Balaban J connectivity index is 2.35. The van der Waals surface area contributed by atoms with Crippen LogP contribution in [0.1, 0.15) is 19.9 Å². The zero-order chi connectivity index (χ0) is 14.3. The number of halogens is 1. The van der Waals surface area contributed by atoms with Crippen LogP contribution in [0.15, 0.2) is 36.7 Å². The lowest BCUT2D eigenvalue weighted by atomic mass is 10.2. The Labute approximate surface area is 122 Å². The van der Waals surface area contributed by atoms with E-state index >= 15 is 0 Å². The molecule has 0 amide bonds. The van der Waals surface area contributed by atoms with Crippen molar-refractivity contribution in [3.63, 3.8) is 0 Å². The third-order valence-electron chi connectivity index (χ3n) is 3.26. The molecule has 0 aliphatic rings. The molecule has 0 saturated heterocycles. The molecule has 0 bridgehead atoms. The zero-order valence-electron chi connectivity index (χ0n) is 11.3. The van der Waals surface area contributed by atoms with Crippen LogP contribution in [0.2, 0.25) is 5.02 Å². The van der Waals surface area contributed by atoms with E-state index in [0.29, 0.717) is 10.7 Å². The van der Waals surface area contributed by atoms with Crippen LogP contribution >= 0.6 is 11.6 Å². The Bertz CT molecular complexity index is 777. The van der Waals surface area contributed by atoms with Gasteiger partial charge in [0.15, 0.2) is 0 Å². The number of pyridine rings is 1. The van der Waals surface area contributed by atoms with Crippen LogP contribution in [-0.4, -0.2) is 14.5 Å². The van der Waals surface area contributed by atoms with Gasteiger partial charge in [0.1, 0.15) is 5.82 Å². The molecule has 0 spiro atoms. The predicted molar refractivity (Wildman–Crippen MR) is 82.8 cm³/mol. The Morgan fingerprint density at radius 1 is 1.25 bits per heavy atom. The molecule has 0 fully saturated rings. The molecule has 0 atom stereocenters. The SMILES string of the molecule is CC(C)n1c(-c2ccncc2N)nc2cc(Cl)ccc21. The van der Waals surface area contributed by atoms with E-state index in [-0.39, 0.29) is 6.04 Å². The minimum Gasteiger partial charge on any atom is -0.397 e. The largest absolute Gasteiger partial charge is 0.397 e. The van der Waals surface area contributed by atoms with Crippen molar-refractivity contribution in [3.05, 3.63) is 41.7 Å². The minimum atomic E-state index is 0.267. The van der Waals surface area contributed by atoms with Crippen LogP contribution in [0, 0.1) is 0 Å². The van der Waals surface area contributed by atoms with E-state index in [9.17, 15) is 0 Å². The highest BCUT2D eigenvalue weighted by atomic mass is 35.5. The standard InChI is InChI=1S/C15H15ClN4/c1-9(2)20-14-4-3-10(16)7-13(14)19-15(20)11-5-6-18-8-12(11)17/h3-9H,17H2,1-2H3. The summed E-state index contributed by atoms with van der Waals surface area (Å²) < 4.78 is 2.16. The molecule has 2 N–H and O–H groups in total. The molecule has 0 aliphatic heterocycles. The second-order valence-corrected chi connectivity index (χ2v) is 5.43. The van der Waals surface area contributed by atoms with Crippen molar-refractivity contribution in [2.24, 2.45) is 0 Å². The summed E-state index contributed by atoms with van der Waals surface area (Å²) >= 11 is 6.05. The minimum absolute atomic E-state index is 0.267. The maximum Gasteiger partial charge on any atom is 0.143 e. The summed E-state index contributed by atoms with van der Waals surface area (Å²) in [4.78, 5) is 8.73. The first kappa shape index (κ1) is 12.9. The predicted octanol–water partition coefficient (Wildman–Crippen LogP) is 3.91. The van der Waals surface area contributed by atoms with Crippen LogP contribution in [-0.2, 0) is 0 Å². The summed E-state index contributed by atoms with van der Waals surface area (Å²) in [6, 6.07) is 7.90. The third-order valence-corrected chi connectivity index (χ3v) is 3.50. The van der Waals surface area contributed by atoms with Gasteiger partial charge in [0.25, 0.3) is 0 Å². The molecule has 0 radical (unpaired) electrons. The van der Waals surface area contributed by atoms with Gasteiger partial charge < -0.3 is 10.3 Å². The van der Waals surface area contributed by atoms with Crippen molar-refractivity contribution in [1.29, 1.82) is 0 Å². The summed E-state index contributed by atoms with van der Waals surface area (Å²) in [6.45, 7) is 4.24. The molecule has 102 valence electrons. The molecular formula is C15H15ClN4. The molecule has 0 aliphatic carbocycles. The summed E-state index contributed by atoms with van der Waals surface area (Å²) in [5, 5.41) is 0.681. The van der Waals surface area contributed by atoms with Crippen molar-refractivity contribution >= 4 is 28.3 Å².